The van der Waals surface area contributed by atoms with Gasteiger partial charge in [-0.2, -0.15) is 0 Å². The number of anilines is 1. The van der Waals surface area contributed by atoms with Crippen molar-refractivity contribution in [3.63, 3.8) is 0 Å². The van der Waals surface area contributed by atoms with Gasteiger partial charge in [0, 0.05) is 28.9 Å². The van der Waals surface area contributed by atoms with Crippen LogP contribution in [0.5, 0.6) is 11.5 Å². The van der Waals surface area contributed by atoms with Crippen LogP contribution in [0.15, 0.2) is 39.4 Å². The molecular weight excluding hydrogens is 402 g/mol. The van der Waals surface area contributed by atoms with E-state index in [0.29, 0.717) is 45.3 Å². The number of carbonyl (C=O) groups excluding carboxylic acids is 1. The number of H-pyrrole nitrogens is 1. The Morgan fingerprint density at radius 2 is 2.07 bits per heavy atom. The summed E-state index contributed by atoms with van der Waals surface area (Å²) in [6.45, 7) is 4.38. The van der Waals surface area contributed by atoms with E-state index in [1.54, 1.807) is 11.8 Å². The van der Waals surface area contributed by atoms with Crippen molar-refractivity contribution >= 4 is 23.4 Å². The third-order valence-corrected chi connectivity index (χ3v) is 7.01. The molecule has 0 fully saturated rings. The van der Waals surface area contributed by atoms with E-state index in [1.807, 2.05) is 18.2 Å². The van der Waals surface area contributed by atoms with Crippen molar-refractivity contribution in [3.8, 4) is 11.5 Å². The zero-order valence-corrected chi connectivity index (χ0v) is 17.7. The van der Waals surface area contributed by atoms with Gasteiger partial charge in [0.05, 0.1) is 5.56 Å². The lowest BCUT2D eigenvalue weighted by molar-refractivity contribution is -0.116. The number of ketones is 1. The molecular formula is C22H23N3O4S. The monoisotopic (exact) mass is 425 g/mol. The van der Waals surface area contributed by atoms with Gasteiger partial charge in [-0.05, 0) is 37.0 Å². The van der Waals surface area contributed by atoms with Gasteiger partial charge in [-0.3, -0.25) is 9.59 Å². The molecule has 2 aliphatic heterocycles. The summed E-state index contributed by atoms with van der Waals surface area (Å²) in [7, 11) is 0. The third-order valence-electron chi connectivity index (χ3n) is 5.85. The number of hydrogen-bond donors (Lipinski definition) is 2. The van der Waals surface area contributed by atoms with Crippen LogP contribution in [0, 0.1) is 0 Å². The highest BCUT2D eigenvalue weighted by Crippen LogP contribution is 2.45. The van der Waals surface area contributed by atoms with Gasteiger partial charge in [-0.15, -0.1) is 0 Å². The largest absolute Gasteiger partial charge is 0.454 e. The molecule has 0 amide bonds. The second-order valence-electron chi connectivity index (χ2n) is 7.81. The van der Waals surface area contributed by atoms with E-state index >= 15 is 0 Å². The number of ether oxygens (including phenoxy) is 2. The van der Waals surface area contributed by atoms with Crippen LogP contribution in [0.3, 0.4) is 0 Å². The van der Waals surface area contributed by atoms with E-state index in [1.165, 1.54) is 0 Å². The summed E-state index contributed by atoms with van der Waals surface area (Å²) in [5, 5.41) is 4.24. The third kappa shape index (κ3) is 3.19. The van der Waals surface area contributed by atoms with Crippen LogP contribution in [0.1, 0.15) is 56.6 Å². The summed E-state index contributed by atoms with van der Waals surface area (Å²) < 4.78 is 11.0. The lowest BCUT2D eigenvalue weighted by Crippen LogP contribution is -2.32. The van der Waals surface area contributed by atoms with E-state index in [0.717, 1.165) is 30.5 Å². The van der Waals surface area contributed by atoms with Gasteiger partial charge in [0.2, 0.25) is 6.79 Å². The van der Waals surface area contributed by atoms with Crippen LogP contribution in [-0.2, 0) is 4.79 Å². The average molecular weight is 426 g/mol. The first-order chi connectivity index (χ1) is 14.5. The molecule has 156 valence electrons. The highest BCUT2D eigenvalue weighted by Gasteiger charge is 2.38. The average Bonchev–Trinajstić information content (AvgIpc) is 3.20. The minimum atomic E-state index is -0.475. The molecule has 1 aromatic carbocycles. The van der Waals surface area contributed by atoms with Gasteiger partial charge in [0.25, 0.3) is 5.56 Å². The zero-order valence-electron chi connectivity index (χ0n) is 16.9. The second-order valence-corrected chi connectivity index (χ2v) is 9.24. The highest BCUT2D eigenvalue weighted by molar-refractivity contribution is 7.99. The normalized spacial score (nSPS) is 20.5. The van der Waals surface area contributed by atoms with Crippen LogP contribution in [0.4, 0.5) is 5.82 Å². The molecule has 2 N–H and O–H groups in total. The molecule has 0 saturated heterocycles. The second kappa shape index (κ2) is 7.50. The minimum absolute atomic E-state index is 0.0783. The molecule has 8 heteroatoms. The van der Waals surface area contributed by atoms with Crippen molar-refractivity contribution in [3.05, 3.63) is 50.9 Å². The first kappa shape index (κ1) is 19.2. The number of nitrogens with zero attached hydrogens (tertiary/aromatic N) is 1. The van der Waals surface area contributed by atoms with Gasteiger partial charge < -0.3 is 19.8 Å². The number of thioether (sulfide) groups is 1. The van der Waals surface area contributed by atoms with E-state index in [9.17, 15) is 9.59 Å². The molecule has 0 radical (unpaired) electrons. The molecule has 0 spiro atoms. The maximum Gasteiger partial charge on any atom is 0.257 e. The maximum atomic E-state index is 13.2. The first-order valence-corrected chi connectivity index (χ1v) is 11.2. The van der Waals surface area contributed by atoms with Crippen molar-refractivity contribution in [2.75, 3.05) is 12.1 Å². The number of aromatic nitrogens is 2. The molecule has 1 aliphatic carbocycles. The summed E-state index contributed by atoms with van der Waals surface area (Å²) >= 11 is 1.55. The number of rotatable bonds is 4. The predicted octanol–water partition coefficient (Wildman–Crippen LogP) is 3.95. The van der Waals surface area contributed by atoms with Crippen LogP contribution >= 0.6 is 11.8 Å². The Balaban J connectivity index is 1.67. The molecule has 3 aliphatic rings. The smallest absolute Gasteiger partial charge is 0.257 e. The summed E-state index contributed by atoms with van der Waals surface area (Å²) in [5.41, 5.74) is 2.64. The van der Waals surface area contributed by atoms with Crippen molar-refractivity contribution in [2.45, 2.75) is 55.9 Å². The quantitative estimate of drug-likeness (QED) is 0.566. The molecule has 3 heterocycles. The fourth-order valence-electron chi connectivity index (χ4n) is 4.20. The number of hydrogen-bond acceptors (Lipinski definition) is 7. The molecule has 7 nitrogen and oxygen atoms in total. The van der Waals surface area contributed by atoms with Gasteiger partial charge in [0.15, 0.2) is 22.4 Å². The molecule has 30 heavy (non-hydrogen) atoms. The predicted molar refractivity (Wildman–Crippen MR) is 114 cm³/mol. The molecule has 2 atom stereocenters. The molecule has 2 aromatic rings. The van der Waals surface area contributed by atoms with Gasteiger partial charge >= 0.3 is 0 Å². The molecule has 0 saturated carbocycles. The molecule has 1 aromatic heterocycles. The summed E-state index contributed by atoms with van der Waals surface area (Å²) in [6.07, 6.45) is 3.03. The van der Waals surface area contributed by atoms with E-state index < -0.39 is 5.92 Å². The zero-order chi connectivity index (χ0) is 20.8. The Labute approximate surface area is 178 Å². The molecule has 0 unspecified atom stereocenters. The topological polar surface area (TPSA) is 93.3 Å². The lowest BCUT2D eigenvalue weighted by atomic mass is 9.76. The standard InChI is InChI=1S/C22H23N3O4S/c1-3-11(2)30-22-24-20-19(21(27)25-22)17(18-13(23-20)5-4-6-14(18)26)12-7-8-15-16(9-12)29-10-28-15/h7-9,11,17H,3-6,10H2,1-2H3,(H2,23,24,25,27)/t11-,17-/m0/s1. The van der Waals surface area contributed by atoms with Gasteiger partial charge in [-0.1, -0.05) is 31.7 Å². The fourth-order valence-corrected chi connectivity index (χ4v) is 5.04. The number of nitrogens with one attached hydrogen (secondary N) is 2. The highest BCUT2D eigenvalue weighted by atomic mass is 32.2. The molecule has 5 rings (SSSR count). The van der Waals surface area contributed by atoms with Crippen LogP contribution in [0.2, 0.25) is 0 Å². The number of aromatic amines is 1. The van der Waals surface area contributed by atoms with Crippen LogP contribution < -0.4 is 20.3 Å². The van der Waals surface area contributed by atoms with Crippen LogP contribution in [-0.4, -0.2) is 27.8 Å². The number of fused-ring (bicyclic) bond motifs is 2. The van der Waals surface area contributed by atoms with Gasteiger partial charge in [0.1, 0.15) is 5.82 Å². The number of benzene rings is 1. The Bertz CT molecular complexity index is 1120. The fraction of sp³-hybridized carbons (Fsp3) is 0.409. The van der Waals surface area contributed by atoms with Crippen molar-refractivity contribution < 1.29 is 14.3 Å². The Kier molecular flexibility index (Phi) is 4.81. The lowest BCUT2D eigenvalue weighted by Gasteiger charge is -2.32. The summed E-state index contributed by atoms with van der Waals surface area (Å²) in [4.78, 5) is 33.8. The Morgan fingerprint density at radius 3 is 2.90 bits per heavy atom. The number of allylic oxidation sites excluding steroid dienone is 2. The van der Waals surface area contributed by atoms with E-state index in [-0.39, 0.29) is 18.1 Å². The number of Topliss-reactive ketones (excluding diaryl/α,β-unsaturated/α-hetero) is 1. The van der Waals surface area contributed by atoms with E-state index in [2.05, 4.69) is 24.1 Å². The molecule has 0 bridgehead atoms. The summed E-state index contributed by atoms with van der Waals surface area (Å²) in [6, 6.07) is 5.61. The van der Waals surface area contributed by atoms with Gasteiger partial charge in [-0.25, -0.2) is 4.98 Å². The van der Waals surface area contributed by atoms with Crippen molar-refractivity contribution in [1.29, 1.82) is 0 Å². The first-order valence-electron chi connectivity index (χ1n) is 10.3. The minimum Gasteiger partial charge on any atom is -0.454 e. The number of carbonyl (C=O) groups is 1. The van der Waals surface area contributed by atoms with Crippen LogP contribution in [0.25, 0.3) is 0 Å². The SMILES string of the molecule is CC[C@H](C)Sc1nc2c(c(=O)[nH]1)[C@@H](c1ccc3c(c1)OCO3)C1=C(CCCC1=O)N2. The summed E-state index contributed by atoms with van der Waals surface area (Å²) in [5.74, 6) is 1.45. The maximum absolute atomic E-state index is 13.2. The van der Waals surface area contributed by atoms with Crippen molar-refractivity contribution in [1.82, 2.24) is 9.97 Å². The van der Waals surface area contributed by atoms with E-state index in [4.69, 9.17) is 14.5 Å². The Morgan fingerprint density at radius 1 is 1.23 bits per heavy atom. The van der Waals surface area contributed by atoms with Crippen molar-refractivity contribution in [2.24, 2.45) is 0 Å². The Hall–Kier alpha value is -2.74.